The van der Waals surface area contributed by atoms with E-state index in [1.807, 2.05) is 13.0 Å². The maximum atomic E-state index is 14.0. The lowest BCUT2D eigenvalue weighted by atomic mass is 10.0. The van der Waals surface area contributed by atoms with Gasteiger partial charge in [-0.3, -0.25) is 0 Å². The highest BCUT2D eigenvalue weighted by Crippen LogP contribution is 2.35. The minimum Gasteiger partial charge on any atom is -0.490 e. The van der Waals surface area contributed by atoms with Crippen molar-refractivity contribution in [1.29, 1.82) is 5.26 Å². The van der Waals surface area contributed by atoms with Gasteiger partial charge in [0, 0.05) is 10.0 Å². The zero-order chi connectivity index (χ0) is 18.2. The lowest BCUT2D eigenvalue weighted by Gasteiger charge is -2.13. The van der Waals surface area contributed by atoms with Crippen molar-refractivity contribution in [1.82, 2.24) is 0 Å². The SMILES string of the molecule is C#CCOc1cc(Br)c(/C=C(/C#N)c2ccccc2F)cc1OCC. The van der Waals surface area contributed by atoms with Crippen LogP contribution in [-0.4, -0.2) is 13.2 Å². The number of benzene rings is 2. The summed E-state index contributed by atoms with van der Waals surface area (Å²) in [5.41, 5.74) is 1.11. The lowest BCUT2D eigenvalue weighted by molar-refractivity contribution is 0.299. The molecule has 5 heteroatoms. The van der Waals surface area contributed by atoms with Crippen LogP contribution in [0, 0.1) is 29.5 Å². The van der Waals surface area contributed by atoms with E-state index in [-0.39, 0.29) is 17.7 Å². The molecule has 0 bridgehead atoms. The molecule has 0 unspecified atom stereocenters. The number of rotatable bonds is 6. The average molecular weight is 400 g/mol. The van der Waals surface area contributed by atoms with Gasteiger partial charge in [-0.05, 0) is 36.8 Å². The van der Waals surface area contributed by atoms with Crippen molar-refractivity contribution in [3.8, 4) is 29.9 Å². The molecule has 0 amide bonds. The van der Waals surface area contributed by atoms with Gasteiger partial charge in [0.2, 0.25) is 0 Å². The standard InChI is InChI=1S/C20H15BrFNO2/c1-3-9-25-20-12-17(21)14(11-19(20)24-4-2)10-15(13-23)16-7-5-6-8-18(16)22/h1,5-8,10-12H,4,9H2,2H3/b15-10-. The molecule has 0 atom stereocenters. The number of hydrogen-bond acceptors (Lipinski definition) is 3. The first kappa shape index (κ1) is 18.6. The number of nitrogens with zero attached hydrogens (tertiary/aromatic N) is 1. The Labute approximate surface area is 154 Å². The van der Waals surface area contributed by atoms with Gasteiger partial charge in [-0.1, -0.05) is 40.0 Å². The molecule has 0 aliphatic rings. The predicted octanol–water partition coefficient (Wildman–Crippen LogP) is 5.06. The highest BCUT2D eigenvalue weighted by molar-refractivity contribution is 9.10. The summed E-state index contributed by atoms with van der Waals surface area (Å²) >= 11 is 3.44. The van der Waals surface area contributed by atoms with Gasteiger partial charge in [-0.2, -0.15) is 5.26 Å². The van der Waals surface area contributed by atoms with Gasteiger partial charge in [-0.25, -0.2) is 4.39 Å². The fourth-order valence-electron chi connectivity index (χ4n) is 2.17. The first-order valence-corrected chi connectivity index (χ1v) is 8.29. The smallest absolute Gasteiger partial charge is 0.163 e. The molecule has 0 aromatic heterocycles. The third kappa shape index (κ3) is 4.62. The summed E-state index contributed by atoms with van der Waals surface area (Å²) in [7, 11) is 0. The highest BCUT2D eigenvalue weighted by atomic mass is 79.9. The van der Waals surface area contributed by atoms with Gasteiger partial charge < -0.3 is 9.47 Å². The van der Waals surface area contributed by atoms with Crippen molar-refractivity contribution >= 4 is 27.6 Å². The summed E-state index contributed by atoms with van der Waals surface area (Å²) < 4.78 is 25.7. The second kappa shape index (κ2) is 8.92. The molecule has 0 N–H and O–H groups in total. The summed E-state index contributed by atoms with van der Waals surface area (Å²) in [6, 6.07) is 11.6. The van der Waals surface area contributed by atoms with Crippen LogP contribution in [0.25, 0.3) is 11.6 Å². The highest BCUT2D eigenvalue weighted by Gasteiger charge is 2.12. The summed E-state index contributed by atoms with van der Waals surface area (Å²) in [4.78, 5) is 0. The van der Waals surface area contributed by atoms with E-state index < -0.39 is 5.82 Å². The average Bonchev–Trinajstić information content (AvgIpc) is 2.61. The largest absolute Gasteiger partial charge is 0.490 e. The Morgan fingerprint density at radius 3 is 2.64 bits per heavy atom. The molecule has 3 nitrogen and oxygen atoms in total. The van der Waals surface area contributed by atoms with E-state index in [2.05, 4.69) is 21.9 Å². The van der Waals surface area contributed by atoms with E-state index in [0.29, 0.717) is 28.1 Å². The van der Waals surface area contributed by atoms with E-state index in [1.54, 1.807) is 36.4 Å². The van der Waals surface area contributed by atoms with Gasteiger partial charge in [-0.15, -0.1) is 6.42 Å². The molecule has 0 saturated carbocycles. The Morgan fingerprint density at radius 2 is 2.00 bits per heavy atom. The molecule has 126 valence electrons. The van der Waals surface area contributed by atoms with Crippen molar-refractivity contribution < 1.29 is 13.9 Å². The molecule has 0 aliphatic heterocycles. The van der Waals surface area contributed by atoms with Crippen molar-refractivity contribution in [3.05, 3.63) is 57.8 Å². The van der Waals surface area contributed by atoms with Crippen LogP contribution in [0.2, 0.25) is 0 Å². The van der Waals surface area contributed by atoms with E-state index in [0.717, 1.165) is 0 Å². The van der Waals surface area contributed by atoms with Crippen molar-refractivity contribution in [2.75, 3.05) is 13.2 Å². The van der Waals surface area contributed by atoms with Gasteiger partial charge in [0.05, 0.1) is 18.2 Å². The normalized spacial score (nSPS) is 10.7. The second-order valence-electron chi connectivity index (χ2n) is 4.90. The Hall–Kier alpha value is -2.76. The van der Waals surface area contributed by atoms with E-state index in [9.17, 15) is 9.65 Å². The molecule has 2 aromatic rings. The van der Waals surface area contributed by atoms with Crippen LogP contribution in [0.15, 0.2) is 40.9 Å². The molecular formula is C20H15BrFNO2. The predicted molar refractivity (Wildman–Crippen MR) is 99.5 cm³/mol. The number of ether oxygens (including phenoxy) is 2. The van der Waals surface area contributed by atoms with E-state index >= 15 is 0 Å². The first-order valence-electron chi connectivity index (χ1n) is 7.50. The fraction of sp³-hybridized carbons (Fsp3) is 0.150. The van der Waals surface area contributed by atoms with Crippen molar-refractivity contribution in [3.63, 3.8) is 0 Å². The molecule has 2 aromatic carbocycles. The molecule has 2 rings (SSSR count). The third-order valence-corrected chi connectivity index (χ3v) is 3.94. The number of terminal acetylenes is 1. The van der Waals surface area contributed by atoms with Gasteiger partial charge in [0.15, 0.2) is 11.5 Å². The molecule has 25 heavy (non-hydrogen) atoms. The van der Waals surface area contributed by atoms with Crippen LogP contribution in [0.4, 0.5) is 4.39 Å². The molecular weight excluding hydrogens is 385 g/mol. The van der Waals surface area contributed by atoms with Crippen LogP contribution >= 0.6 is 15.9 Å². The third-order valence-electron chi connectivity index (χ3n) is 3.26. The van der Waals surface area contributed by atoms with Gasteiger partial charge >= 0.3 is 0 Å². The van der Waals surface area contributed by atoms with Crippen molar-refractivity contribution in [2.45, 2.75) is 6.92 Å². The monoisotopic (exact) mass is 399 g/mol. The number of nitriles is 1. The molecule has 0 spiro atoms. The molecule has 0 radical (unpaired) electrons. The van der Waals surface area contributed by atoms with E-state index in [1.165, 1.54) is 6.07 Å². The number of allylic oxidation sites excluding steroid dienone is 1. The molecule has 0 aliphatic carbocycles. The molecule has 0 heterocycles. The summed E-state index contributed by atoms with van der Waals surface area (Å²) in [6.45, 7) is 2.40. The van der Waals surface area contributed by atoms with Crippen LogP contribution in [0.3, 0.4) is 0 Å². The zero-order valence-electron chi connectivity index (χ0n) is 13.6. The summed E-state index contributed by atoms with van der Waals surface area (Å²) in [6.07, 6.45) is 6.82. The van der Waals surface area contributed by atoms with Crippen LogP contribution in [-0.2, 0) is 0 Å². The quantitative estimate of drug-likeness (QED) is 0.387. The first-order chi connectivity index (χ1) is 12.1. The summed E-state index contributed by atoms with van der Waals surface area (Å²) in [5.74, 6) is 2.94. The minimum atomic E-state index is -0.453. The maximum absolute atomic E-state index is 14.0. The molecule has 0 fully saturated rings. The van der Waals surface area contributed by atoms with Crippen LogP contribution < -0.4 is 9.47 Å². The number of halogens is 2. The van der Waals surface area contributed by atoms with E-state index in [4.69, 9.17) is 15.9 Å². The van der Waals surface area contributed by atoms with Gasteiger partial charge in [0.1, 0.15) is 12.4 Å². The Kier molecular flexibility index (Phi) is 6.62. The van der Waals surface area contributed by atoms with Gasteiger partial charge in [0.25, 0.3) is 0 Å². The Balaban J connectivity index is 2.51. The lowest BCUT2D eigenvalue weighted by Crippen LogP contribution is -2.00. The minimum absolute atomic E-state index is 0.111. The Morgan fingerprint density at radius 1 is 1.28 bits per heavy atom. The molecule has 0 saturated heterocycles. The number of hydrogen-bond donors (Lipinski definition) is 0. The second-order valence-corrected chi connectivity index (χ2v) is 5.75. The van der Waals surface area contributed by atoms with Crippen LogP contribution in [0.1, 0.15) is 18.1 Å². The Bertz CT molecular complexity index is 878. The topological polar surface area (TPSA) is 42.2 Å². The summed E-state index contributed by atoms with van der Waals surface area (Å²) in [5, 5.41) is 9.42. The van der Waals surface area contributed by atoms with Crippen LogP contribution in [0.5, 0.6) is 11.5 Å². The fourth-order valence-corrected chi connectivity index (χ4v) is 2.60. The maximum Gasteiger partial charge on any atom is 0.163 e. The zero-order valence-corrected chi connectivity index (χ0v) is 15.1. The van der Waals surface area contributed by atoms with Crippen molar-refractivity contribution in [2.24, 2.45) is 0 Å².